The third-order valence-electron chi connectivity index (χ3n) is 15.2. The Bertz CT molecular complexity index is 2080. The van der Waals surface area contributed by atoms with Crippen LogP contribution in [0.4, 0.5) is 0 Å². The van der Waals surface area contributed by atoms with Gasteiger partial charge >= 0.3 is 11.9 Å². The number of epoxide rings is 2. The number of carbonyl (C=O) groups is 2. The average Bonchev–Trinajstić information content (AvgIpc) is 4.31. The van der Waals surface area contributed by atoms with E-state index in [1.807, 2.05) is 48.5 Å². The number of carbonyl (C=O) groups excluding carboxylic acids is 2. The Labute approximate surface area is 411 Å². The molecule has 2 saturated heterocycles. The molecule has 0 bridgehead atoms. The monoisotopic (exact) mass is 943 g/mol. The molecule has 4 aliphatic rings. The van der Waals surface area contributed by atoms with Gasteiger partial charge in [-0.3, -0.25) is 9.59 Å². The molecular weight excluding hydrogens is 865 g/mol. The third kappa shape index (κ3) is 14.7. The molecule has 0 spiro atoms. The second-order valence-corrected chi connectivity index (χ2v) is 20.5. The van der Waals surface area contributed by atoms with Gasteiger partial charge in [0.25, 0.3) is 0 Å². The van der Waals surface area contributed by atoms with Gasteiger partial charge in [0.05, 0.1) is 60.0 Å². The lowest BCUT2D eigenvalue weighted by atomic mass is 9.80. The fourth-order valence-electron chi connectivity index (χ4n) is 10.6. The highest BCUT2D eigenvalue weighted by molar-refractivity contribution is 5.76. The van der Waals surface area contributed by atoms with Crippen molar-refractivity contribution in [3.63, 3.8) is 0 Å². The predicted molar refractivity (Wildman–Crippen MR) is 269 cm³/mol. The molecular formula is C58H78N4O7. The molecule has 69 heavy (non-hydrogen) atoms. The zero-order valence-electron chi connectivity index (χ0n) is 42.0. The topological polar surface area (TPSA) is 138 Å². The highest BCUT2D eigenvalue weighted by Gasteiger charge is 2.41. The summed E-state index contributed by atoms with van der Waals surface area (Å²) in [7, 11) is 0. The summed E-state index contributed by atoms with van der Waals surface area (Å²) in [6.07, 6.45) is 29.8. The van der Waals surface area contributed by atoms with E-state index in [9.17, 15) is 9.59 Å². The predicted octanol–water partition coefficient (Wildman–Crippen LogP) is 14.0. The van der Waals surface area contributed by atoms with Crippen LogP contribution >= 0.6 is 0 Å². The van der Waals surface area contributed by atoms with E-state index in [2.05, 4.69) is 27.7 Å². The number of ether oxygens (including phenoxy) is 5. The molecule has 8 rings (SSSR count). The molecule has 4 fully saturated rings. The third-order valence-corrected chi connectivity index (χ3v) is 15.2. The lowest BCUT2D eigenvalue weighted by Gasteiger charge is -2.27. The molecule has 2 aliphatic heterocycles. The van der Waals surface area contributed by atoms with Gasteiger partial charge in [0.1, 0.15) is 11.5 Å². The summed E-state index contributed by atoms with van der Waals surface area (Å²) < 4.78 is 30.8. The fourth-order valence-corrected chi connectivity index (χ4v) is 10.6. The molecule has 2 saturated carbocycles. The van der Waals surface area contributed by atoms with Crippen LogP contribution in [0.2, 0.25) is 0 Å². The lowest BCUT2D eigenvalue weighted by Crippen LogP contribution is -2.25. The normalized spacial score (nSPS) is 24.1. The van der Waals surface area contributed by atoms with Gasteiger partial charge in [0.2, 0.25) is 0 Å². The van der Waals surface area contributed by atoms with Crippen molar-refractivity contribution < 1.29 is 33.3 Å². The minimum absolute atomic E-state index is 0.0403. The maximum atomic E-state index is 13.2. The van der Waals surface area contributed by atoms with Crippen molar-refractivity contribution in [1.82, 2.24) is 19.9 Å². The molecule has 4 aromatic rings. The number of rotatable bonds is 26. The van der Waals surface area contributed by atoms with Crippen molar-refractivity contribution in [2.24, 2.45) is 23.7 Å². The van der Waals surface area contributed by atoms with Crippen molar-refractivity contribution in [3.05, 3.63) is 72.3 Å². The van der Waals surface area contributed by atoms with Crippen LogP contribution in [0.15, 0.2) is 60.9 Å². The molecule has 2 aliphatic carbocycles. The molecule has 2 aromatic heterocycles. The number of benzene rings is 2. The van der Waals surface area contributed by atoms with E-state index in [0.717, 1.165) is 124 Å². The van der Waals surface area contributed by atoms with Gasteiger partial charge in [-0.25, -0.2) is 19.9 Å². The highest BCUT2D eigenvalue weighted by atomic mass is 16.6. The summed E-state index contributed by atoms with van der Waals surface area (Å²) in [5.74, 6) is 4.37. The van der Waals surface area contributed by atoms with Crippen LogP contribution in [0.3, 0.4) is 0 Å². The quantitative estimate of drug-likeness (QED) is 0.0257. The summed E-state index contributed by atoms with van der Waals surface area (Å²) in [5, 5.41) is 0. The number of hydrogen-bond acceptors (Lipinski definition) is 11. The Morgan fingerprint density at radius 3 is 1.26 bits per heavy atom. The number of esters is 2. The second kappa shape index (κ2) is 25.4. The molecule has 0 unspecified atom stereocenters. The first kappa shape index (κ1) is 50.6. The first-order chi connectivity index (χ1) is 33.8. The maximum Gasteiger partial charge on any atom is 0.314 e. The van der Waals surface area contributed by atoms with Crippen LogP contribution in [0.25, 0.3) is 22.8 Å². The molecule has 11 heteroatoms. The van der Waals surface area contributed by atoms with Crippen LogP contribution in [0.5, 0.6) is 23.0 Å². The standard InChI is InChI=1S/C58H78N4O7/c1-5-9-13-15-39-19-23-43(24-20-39)57(63)65-45-31-27-41(28-32-45)55-59-37-53(47(61-55)35-51-49(67-51)17-11-7-3)69-54-38-60-56(62-48(54)36-52-50(68-52)18-12-8-4)42-29-33-46(34-30-42)66-58(64)44-25-21-40(22-26-44)16-14-10-6-2/h27-34,37-40,43-44,49-52H,5-26,35-36H2,1-4H3/t39-,40-,43-,44-,49-,50-,51-,52-/m0/s1. The number of unbranched alkanes of at least 4 members (excludes halogenated alkanes) is 6. The van der Waals surface area contributed by atoms with Gasteiger partial charge in [0, 0.05) is 24.0 Å². The van der Waals surface area contributed by atoms with E-state index in [1.165, 1.54) is 51.4 Å². The molecule has 4 atom stereocenters. The summed E-state index contributed by atoms with van der Waals surface area (Å²) in [5.41, 5.74) is 3.11. The first-order valence-electron chi connectivity index (χ1n) is 27.1. The zero-order chi connectivity index (χ0) is 48.0. The molecule has 372 valence electrons. The van der Waals surface area contributed by atoms with Crippen molar-refractivity contribution in [2.45, 2.75) is 206 Å². The van der Waals surface area contributed by atoms with Gasteiger partial charge in [-0.1, -0.05) is 105 Å². The number of hydrogen-bond donors (Lipinski definition) is 0. The SMILES string of the molecule is CCCCC[C@H]1CC[C@H](C(=O)Oc2ccc(-c3ncc(Oc4cnc(-c5ccc(OC(=O)[C@H]6CC[C@H](CCCCC)CC6)cc5)nc4C[C@@H]4O[C@H]4CCCC)c(C[C@@H]4O[C@H]4CCCC)n3)cc2)CC1. The van der Waals surface area contributed by atoms with Gasteiger partial charge in [-0.15, -0.1) is 0 Å². The Morgan fingerprint density at radius 1 is 0.493 bits per heavy atom. The van der Waals surface area contributed by atoms with Gasteiger partial charge in [-0.05, 0) is 125 Å². The average molecular weight is 943 g/mol. The first-order valence-corrected chi connectivity index (χ1v) is 27.1. The van der Waals surface area contributed by atoms with E-state index in [0.29, 0.717) is 47.5 Å². The molecule has 2 aromatic carbocycles. The molecule has 0 amide bonds. The van der Waals surface area contributed by atoms with Gasteiger partial charge in [-0.2, -0.15) is 0 Å². The Hall–Kier alpha value is -4.74. The van der Waals surface area contributed by atoms with E-state index < -0.39 is 0 Å². The second-order valence-electron chi connectivity index (χ2n) is 20.5. The van der Waals surface area contributed by atoms with Crippen molar-refractivity contribution >= 4 is 11.9 Å². The van der Waals surface area contributed by atoms with E-state index in [1.54, 1.807) is 12.4 Å². The molecule has 4 heterocycles. The highest BCUT2D eigenvalue weighted by Crippen LogP contribution is 2.39. The maximum absolute atomic E-state index is 13.2. The van der Waals surface area contributed by atoms with E-state index >= 15 is 0 Å². The van der Waals surface area contributed by atoms with Gasteiger partial charge < -0.3 is 23.7 Å². The van der Waals surface area contributed by atoms with Crippen molar-refractivity contribution in [2.75, 3.05) is 0 Å². The molecule has 0 radical (unpaired) electrons. The van der Waals surface area contributed by atoms with Crippen LogP contribution in [-0.2, 0) is 31.9 Å². The number of nitrogens with zero attached hydrogens (tertiary/aromatic N) is 4. The van der Waals surface area contributed by atoms with E-state index in [-0.39, 0.29) is 48.2 Å². The fraction of sp³-hybridized carbons (Fsp3) is 0.621. The van der Waals surface area contributed by atoms with Crippen molar-refractivity contribution in [1.29, 1.82) is 0 Å². The largest absolute Gasteiger partial charge is 0.450 e. The molecule has 0 N–H and O–H groups in total. The zero-order valence-corrected chi connectivity index (χ0v) is 42.0. The van der Waals surface area contributed by atoms with Crippen LogP contribution in [-0.4, -0.2) is 56.3 Å². The van der Waals surface area contributed by atoms with Crippen LogP contribution in [0.1, 0.15) is 180 Å². The molecule has 11 nitrogen and oxygen atoms in total. The lowest BCUT2D eigenvalue weighted by molar-refractivity contribution is -0.141. The van der Waals surface area contributed by atoms with Gasteiger partial charge in [0.15, 0.2) is 23.1 Å². The Kier molecular flexibility index (Phi) is 18.6. The van der Waals surface area contributed by atoms with Crippen LogP contribution in [0, 0.1) is 23.7 Å². The Morgan fingerprint density at radius 2 is 0.884 bits per heavy atom. The summed E-state index contributed by atoms with van der Waals surface area (Å²) >= 11 is 0. The number of aromatic nitrogens is 4. The minimum atomic E-state index is -0.130. The summed E-state index contributed by atoms with van der Waals surface area (Å²) in [6, 6.07) is 15.0. The Balaban J connectivity index is 0.954. The van der Waals surface area contributed by atoms with Crippen molar-refractivity contribution in [3.8, 4) is 45.8 Å². The minimum Gasteiger partial charge on any atom is -0.450 e. The summed E-state index contributed by atoms with van der Waals surface area (Å²) in [6.45, 7) is 8.89. The van der Waals surface area contributed by atoms with Crippen LogP contribution < -0.4 is 14.2 Å². The van der Waals surface area contributed by atoms with E-state index in [4.69, 9.17) is 43.6 Å². The summed E-state index contributed by atoms with van der Waals surface area (Å²) in [4.78, 5) is 46.2. The smallest absolute Gasteiger partial charge is 0.314 e.